The summed E-state index contributed by atoms with van der Waals surface area (Å²) in [6.45, 7) is 9.61. The fourth-order valence-electron chi connectivity index (χ4n) is 5.30. The van der Waals surface area contributed by atoms with Crippen LogP contribution in [0.15, 0.2) is 42.6 Å². The molecule has 0 spiro atoms. The lowest BCUT2D eigenvalue weighted by Gasteiger charge is -2.36. The molecule has 222 valence electrons. The summed E-state index contributed by atoms with van der Waals surface area (Å²) in [5.74, 6) is 0.909. The molecule has 0 radical (unpaired) electrons. The van der Waals surface area contributed by atoms with Gasteiger partial charge in [0.2, 0.25) is 0 Å². The van der Waals surface area contributed by atoms with Crippen LogP contribution in [0.1, 0.15) is 39.2 Å². The molecule has 1 saturated heterocycles. The van der Waals surface area contributed by atoms with Crippen molar-refractivity contribution in [3.8, 4) is 22.5 Å². The van der Waals surface area contributed by atoms with Crippen LogP contribution in [0, 0.1) is 12.7 Å². The Balaban J connectivity index is 1.60. The predicted octanol–water partition coefficient (Wildman–Crippen LogP) is 6.26. The Morgan fingerprint density at radius 3 is 2.67 bits per heavy atom. The number of pyridine rings is 1. The number of hydrogen-bond acceptors (Lipinski definition) is 7. The number of aromatic amines is 1. The molecule has 4 aromatic rings. The Bertz CT molecular complexity index is 1570. The number of nitrogens with one attached hydrogen (secondary N) is 3. The molecule has 0 atom stereocenters. The van der Waals surface area contributed by atoms with Gasteiger partial charge >= 0.3 is 6.09 Å². The molecule has 0 unspecified atom stereocenters. The van der Waals surface area contributed by atoms with E-state index in [0.29, 0.717) is 55.7 Å². The lowest BCUT2D eigenvalue weighted by atomic mass is 9.96. The van der Waals surface area contributed by atoms with Crippen molar-refractivity contribution in [1.82, 2.24) is 20.3 Å². The fraction of sp³-hybridized carbons (Fsp3) is 0.387. The number of amides is 1. The second-order valence-electron chi connectivity index (χ2n) is 11.6. The molecule has 9 nitrogen and oxygen atoms in total. The Labute approximate surface area is 250 Å². The van der Waals surface area contributed by atoms with Crippen LogP contribution in [0.4, 0.5) is 20.7 Å². The largest absolute Gasteiger partial charge is 0.444 e. The fourth-order valence-corrected chi connectivity index (χ4v) is 5.48. The molecule has 5 N–H and O–H groups in total. The van der Waals surface area contributed by atoms with Crippen LogP contribution in [-0.2, 0) is 4.74 Å². The molecule has 1 aliphatic heterocycles. The molecule has 5 rings (SSSR count). The van der Waals surface area contributed by atoms with Crippen LogP contribution < -0.4 is 21.3 Å². The zero-order valence-electron chi connectivity index (χ0n) is 24.4. The van der Waals surface area contributed by atoms with Gasteiger partial charge in [-0.1, -0.05) is 17.7 Å². The van der Waals surface area contributed by atoms with Crippen molar-refractivity contribution in [2.24, 2.45) is 5.73 Å². The van der Waals surface area contributed by atoms with Crippen LogP contribution >= 0.6 is 11.6 Å². The first kappa shape index (κ1) is 29.6. The quantitative estimate of drug-likeness (QED) is 0.200. The van der Waals surface area contributed by atoms with Crippen molar-refractivity contribution in [2.45, 2.75) is 52.2 Å². The highest BCUT2D eigenvalue weighted by molar-refractivity contribution is 6.31. The standard InChI is InChI=1S/C31H37ClFN7O2/c1-18-13-19(15-21(33)14-18)23-17-36-28(35-10-9-34)26(29-38-24-6-5-20(32)16-25(24)39-29)27(23)40-11-7-22(8-12-40)37-30(41)42-31(2,3)4/h5-6,13-17,22H,7-12,34H2,1-4H3,(H,35,36)(H,37,41)(H,38,39). The number of halogens is 2. The molecule has 42 heavy (non-hydrogen) atoms. The maximum absolute atomic E-state index is 14.7. The monoisotopic (exact) mass is 593 g/mol. The first-order chi connectivity index (χ1) is 20.0. The summed E-state index contributed by atoms with van der Waals surface area (Å²) in [7, 11) is 0. The topological polar surface area (TPSA) is 121 Å². The van der Waals surface area contributed by atoms with Gasteiger partial charge in [0.25, 0.3) is 0 Å². The van der Waals surface area contributed by atoms with Crippen molar-refractivity contribution < 1.29 is 13.9 Å². The third-order valence-corrected chi connectivity index (χ3v) is 7.29. The normalized spacial score (nSPS) is 14.3. The van der Waals surface area contributed by atoms with Crippen molar-refractivity contribution in [3.63, 3.8) is 0 Å². The number of carbonyl (C=O) groups excluding carboxylic acids is 1. The van der Waals surface area contributed by atoms with E-state index in [-0.39, 0.29) is 11.9 Å². The van der Waals surface area contributed by atoms with Crippen LogP contribution in [0.5, 0.6) is 0 Å². The smallest absolute Gasteiger partial charge is 0.407 e. The first-order valence-corrected chi connectivity index (χ1v) is 14.5. The number of benzene rings is 2. The molecule has 0 aliphatic carbocycles. The van der Waals surface area contributed by atoms with E-state index in [1.54, 1.807) is 12.3 Å². The first-order valence-electron chi connectivity index (χ1n) is 14.2. The maximum Gasteiger partial charge on any atom is 0.407 e. The van der Waals surface area contributed by atoms with E-state index in [4.69, 9.17) is 32.0 Å². The summed E-state index contributed by atoms with van der Waals surface area (Å²) in [5, 5.41) is 6.97. The van der Waals surface area contributed by atoms with Gasteiger partial charge in [0, 0.05) is 49.0 Å². The van der Waals surface area contributed by atoms with Gasteiger partial charge in [-0.05, 0) is 82.0 Å². The van der Waals surface area contributed by atoms with Gasteiger partial charge in [0.1, 0.15) is 23.1 Å². The van der Waals surface area contributed by atoms with E-state index in [9.17, 15) is 9.18 Å². The Morgan fingerprint density at radius 2 is 1.98 bits per heavy atom. The van der Waals surface area contributed by atoms with Crippen molar-refractivity contribution in [1.29, 1.82) is 0 Å². The summed E-state index contributed by atoms with van der Waals surface area (Å²) in [6.07, 6.45) is 2.75. The highest BCUT2D eigenvalue weighted by Gasteiger charge is 2.29. The van der Waals surface area contributed by atoms with Crippen LogP contribution in [0.3, 0.4) is 0 Å². The number of fused-ring (bicyclic) bond motifs is 1. The molecular formula is C31H37ClFN7O2. The summed E-state index contributed by atoms with van der Waals surface area (Å²) in [4.78, 5) is 27.8. The molecule has 2 aromatic carbocycles. The minimum Gasteiger partial charge on any atom is -0.444 e. The minimum absolute atomic E-state index is 0.0376. The number of carbonyl (C=O) groups is 1. The maximum atomic E-state index is 14.7. The zero-order valence-corrected chi connectivity index (χ0v) is 25.1. The van der Waals surface area contributed by atoms with E-state index < -0.39 is 11.7 Å². The number of aryl methyl sites for hydroxylation is 1. The molecule has 1 fully saturated rings. The Morgan fingerprint density at radius 1 is 1.21 bits per heavy atom. The molecule has 11 heteroatoms. The van der Waals surface area contributed by atoms with E-state index in [2.05, 4.69) is 20.5 Å². The minimum atomic E-state index is -0.571. The third kappa shape index (κ3) is 6.77. The zero-order chi connectivity index (χ0) is 30.0. The van der Waals surface area contributed by atoms with Gasteiger partial charge in [0.05, 0.1) is 22.3 Å². The second-order valence-corrected chi connectivity index (χ2v) is 12.1. The van der Waals surface area contributed by atoms with E-state index >= 15 is 0 Å². The highest BCUT2D eigenvalue weighted by Crippen LogP contribution is 2.44. The van der Waals surface area contributed by atoms with E-state index in [0.717, 1.165) is 39.0 Å². The summed E-state index contributed by atoms with van der Waals surface area (Å²) in [5.41, 5.74) is 10.8. The van der Waals surface area contributed by atoms with Crippen molar-refractivity contribution >= 4 is 40.2 Å². The Kier molecular flexibility index (Phi) is 8.56. The number of imidazole rings is 1. The SMILES string of the molecule is Cc1cc(F)cc(-c2cnc(NCCN)c(-c3nc4ccc(Cl)cc4[nH]3)c2N2CCC(NC(=O)OC(C)(C)C)CC2)c1. The molecular weight excluding hydrogens is 557 g/mol. The highest BCUT2D eigenvalue weighted by atomic mass is 35.5. The molecule has 1 aliphatic rings. The number of hydrogen-bond donors (Lipinski definition) is 4. The number of nitrogens with two attached hydrogens (primary N) is 1. The molecule has 2 aromatic heterocycles. The average molecular weight is 594 g/mol. The number of rotatable bonds is 7. The second kappa shape index (κ2) is 12.1. The number of nitrogens with zero attached hydrogens (tertiary/aromatic N) is 3. The number of anilines is 2. The summed E-state index contributed by atoms with van der Waals surface area (Å²) >= 11 is 6.28. The number of ether oxygens (including phenoxy) is 1. The van der Waals surface area contributed by atoms with Crippen LogP contribution in [0.2, 0.25) is 5.02 Å². The van der Waals surface area contributed by atoms with Gasteiger partial charge in [-0.3, -0.25) is 0 Å². The van der Waals surface area contributed by atoms with Gasteiger partial charge < -0.3 is 31.0 Å². The molecule has 0 saturated carbocycles. The number of alkyl carbamates (subject to hydrolysis) is 1. The van der Waals surface area contributed by atoms with Gasteiger partial charge in [0.15, 0.2) is 0 Å². The van der Waals surface area contributed by atoms with Gasteiger partial charge in [-0.25, -0.2) is 19.2 Å². The lowest BCUT2D eigenvalue weighted by molar-refractivity contribution is 0.0497. The number of piperidine rings is 1. The summed E-state index contributed by atoms with van der Waals surface area (Å²) < 4.78 is 20.2. The lowest BCUT2D eigenvalue weighted by Crippen LogP contribution is -2.46. The van der Waals surface area contributed by atoms with E-state index in [1.165, 1.54) is 12.1 Å². The van der Waals surface area contributed by atoms with Crippen LogP contribution in [-0.4, -0.2) is 58.9 Å². The van der Waals surface area contributed by atoms with Crippen LogP contribution in [0.25, 0.3) is 33.5 Å². The Hall–Kier alpha value is -3.89. The molecule has 0 bridgehead atoms. The predicted molar refractivity (Wildman–Crippen MR) is 167 cm³/mol. The molecule has 1 amide bonds. The average Bonchev–Trinajstić information content (AvgIpc) is 3.33. The van der Waals surface area contributed by atoms with Gasteiger partial charge in [-0.15, -0.1) is 0 Å². The molecule has 3 heterocycles. The van der Waals surface area contributed by atoms with E-state index in [1.807, 2.05) is 45.9 Å². The van der Waals surface area contributed by atoms with Gasteiger partial charge in [-0.2, -0.15) is 0 Å². The third-order valence-electron chi connectivity index (χ3n) is 7.05. The summed E-state index contributed by atoms with van der Waals surface area (Å²) in [6, 6.07) is 10.5. The number of H-pyrrole nitrogens is 1. The van der Waals surface area contributed by atoms with Crippen molar-refractivity contribution in [2.75, 3.05) is 36.4 Å². The van der Waals surface area contributed by atoms with Crippen molar-refractivity contribution in [3.05, 3.63) is 59.0 Å². The number of aromatic nitrogens is 3.